The van der Waals surface area contributed by atoms with E-state index >= 15 is 0 Å². The lowest BCUT2D eigenvalue weighted by Gasteiger charge is -2.58. The van der Waals surface area contributed by atoms with Crippen LogP contribution in [0.2, 0.25) is 0 Å². The zero-order valence-corrected chi connectivity index (χ0v) is 17.6. The maximum absolute atomic E-state index is 12.2. The number of carbonyl (C=O) groups excluding carboxylic acids is 1. The van der Waals surface area contributed by atoms with E-state index in [1.807, 2.05) is 0 Å². The van der Waals surface area contributed by atoms with Crippen molar-refractivity contribution in [2.24, 2.45) is 34.5 Å². The predicted molar refractivity (Wildman–Crippen MR) is 103 cm³/mol. The zero-order valence-electron chi connectivity index (χ0n) is 16.7. The Morgan fingerprint density at radius 3 is 2.56 bits per heavy atom. The topological polar surface area (TPSA) is 83.8 Å². The highest BCUT2D eigenvalue weighted by Crippen LogP contribution is 2.66. The number of allylic oxidation sites excluding steroid dienone is 1. The highest BCUT2D eigenvalue weighted by molar-refractivity contribution is 7.46. The van der Waals surface area contributed by atoms with Gasteiger partial charge in [-0.15, -0.1) is 0 Å². The fourth-order valence-electron chi connectivity index (χ4n) is 7.58. The van der Waals surface area contributed by atoms with Crippen molar-refractivity contribution in [2.45, 2.75) is 78.2 Å². The van der Waals surface area contributed by atoms with E-state index in [-0.39, 0.29) is 22.9 Å². The first-order valence-electron chi connectivity index (χ1n) is 10.5. The summed E-state index contributed by atoms with van der Waals surface area (Å²) in [4.78, 5) is 30.5. The van der Waals surface area contributed by atoms with Crippen molar-refractivity contribution in [1.82, 2.24) is 0 Å². The van der Waals surface area contributed by atoms with Crippen molar-refractivity contribution in [3.8, 4) is 0 Å². The molecular weight excluding hydrogens is 363 g/mol. The maximum Gasteiger partial charge on any atom is 0.469 e. The van der Waals surface area contributed by atoms with Crippen molar-refractivity contribution < 1.29 is 23.7 Å². The fraction of sp³-hybridized carbons (Fsp3) is 0.857. The Balaban J connectivity index is 1.57. The molecule has 0 spiro atoms. The highest BCUT2D eigenvalue weighted by atomic mass is 31.2. The van der Waals surface area contributed by atoms with Crippen molar-refractivity contribution in [3.05, 3.63) is 11.6 Å². The molecule has 0 aromatic heterocycles. The molecule has 0 saturated heterocycles. The summed E-state index contributed by atoms with van der Waals surface area (Å²) in [6, 6.07) is 0. The van der Waals surface area contributed by atoms with E-state index in [0.29, 0.717) is 36.4 Å². The lowest BCUT2D eigenvalue weighted by atomic mass is 9.47. The number of Topliss-reactive ketones (excluding diaryl/α,β-unsaturated/α-hetero) is 1. The van der Waals surface area contributed by atoms with Gasteiger partial charge in [0.1, 0.15) is 5.78 Å². The Morgan fingerprint density at radius 2 is 1.89 bits per heavy atom. The molecular formula is C21H33O5P. The van der Waals surface area contributed by atoms with E-state index in [0.717, 1.165) is 25.7 Å². The molecule has 152 valence electrons. The van der Waals surface area contributed by atoms with Crippen LogP contribution in [0.25, 0.3) is 0 Å². The van der Waals surface area contributed by atoms with Crippen LogP contribution in [0.3, 0.4) is 0 Å². The van der Waals surface area contributed by atoms with Crippen LogP contribution in [0.1, 0.15) is 72.1 Å². The summed E-state index contributed by atoms with van der Waals surface area (Å²) in [7, 11) is -4.43. The molecule has 0 amide bonds. The summed E-state index contributed by atoms with van der Waals surface area (Å²) < 4.78 is 16.3. The minimum Gasteiger partial charge on any atom is -0.303 e. The van der Waals surface area contributed by atoms with E-state index in [1.54, 1.807) is 6.92 Å². The molecule has 4 aliphatic carbocycles. The van der Waals surface area contributed by atoms with E-state index in [1.165, 1.54) is 18.4 Å². The third-order valence-corrected chi connectivity index (χ3v) is 9.41. The number of phosphoric acid groups is 1. The highest BCUT2D eigenvalue weighted by Gasteiger charge is 2.59. The average Bonchev–Trinajstić information content (AvgIpc) is 2.91. The second-order valence-electron chi connectivity index (χ2n) is 10.0. The van der Waals surface area contributed by atoms with Gasteiger partial charge in [0.25, 0.3) is 0 Å². The summed E-state index contributed by atoms with van der Waals surface area (Å²) >= 11 is 0. The Labute approximate surface area is 162 Å². The Morgan fingerprint density at radius 1 is 1.15 bits per heavy atom. The molecule has 7 unspecified atom stereocenters. The van der Waals surface area contributed by atoms with Gasteiger partial charge in [0.2, 0.25) is 0 Å². The standard InChI is InChI=1S/C21H33O5P/c1-13(22)17-6-7-18-16-5-4-14-12-15(26-27(23,24)25)8-10-20(14,2)19(16)9-11-21(17,18)3/h4,15-19H,5-12H2,1-3H3,(H2,23,24,25). The molecule has 4 rings (SSSR count). The third-order valence-electron chi connectivity index (χ3n) is 8.84. The molecule has 3 saturated carbocycles. The van der Waals surface area contributed by atoms with Gasteiger partial charge in [0.05, 0.1) is 6.10 Å². The maximum atomic E-state index is 12.2. The number of carbonyl (C=O) groups is 1. The van der Waals surface area contributed by atoms with Crippen LogP contribution in [0.15, 0.2) is 11.6 Å². The summed E-state index contributed by atoms with van der Waals surface area (Å²) in [5.41, 5.74) is 1.63. The number of ketones is 1. The van der Waals surface area contributed by atoms with Crippen molar-refractivity contribution in [3.63, 3.8) is 0 Å². The van der Waals surface area contributed by atoms with Crippen LogP contribution in [0.4, 0.5) is 0 Å². The SMILES string of the molecule is CC(=O)C1CCC2C3CC=C4CC(OP(=O)(O)O)CCC4(C)C3CCC12C. The van der Waals surface area contributed by atoms with Gasteiger partial charge in [-0.2, -0.15) is 0 Å². The van der Waals surface area contributed by atoms with Gasteiger partial charge >= 0.3 is 7.82 Å². The first-order chi connectivity index (χ1) is 12.5. The van der Waals surface area contributed by atoms with Crippen LogP contribution < -0.4 is 0 Å². The van der Waals surface area contributed by atoms with Crippen LogP contribution in [0.5, 0.6) is 0 Å². The number of rotatable bonds is 3. The van der Waals surface area contributed by atoms with Gasteiger partial charge in [-0.25, -0.2) is 4.57 Å². The van der Waals surface area contributed by atoms with Crippen LogP contribution in [-0.4, -0.2) is 21.7 Å². The minimum atomic E-state index is -4.43. The van der Waals surface area contributed by atoms with Crippen molar-refractivity contribution in [1.29, 1.82) is 0 Å². The Kier molecular flexibility index (Phi) is 4.78. The second-order valence-corrected chi connectivity index (χ2v) is 11.2. The molecule has 3 fully saturated rings. The average molecular weight is 396 g/mol. The van der Waals surface area contributed by atoms with E-state index in [9.17, 15) is 9.36 Å². The monoisotopic (exact) mass is 396 g/mol. The van der Waals surface area contributed by atoms with Crippen molar-refractivity contribution >= 4 is 13.6 Å². The molecule has 6 heteroatoms. The first kappa shape index (κ1) is 19.8. The number of hydrogen-bond donors (Lipinski definition) is 2. The summed E-state index contributed by atoms with van der Waals surface area (Å²) in [6.45, 7) is 6.50. The van der Waals surface area contributed by atoms with E-state index in [4.69, 9.17) is 14.3 Å². The van der Waals surface area contributed by atoms with Crippen LogP contribution in [-0.2, 0) is 13.9 Å². The Bertz CT molecular complexity index is 711. The van der Waals surface area contributed by atoms with Gasteiger partial charge in [0.15, 0.2) is 0 Å². The largest absolute Gasteiger partial charge is 0.469 e. The van der Waals surface area contributed by atoms with Gasteiger partial charge in [0, 0.05) is 5.92 Å². The predicted octanol–water partition coefficient (Wildman–Crippen LogP) is 4.63. The molecule has 0 aromatic carbocycles. The van der Waals surface area contributed by atoms with Gasteiger partial charge in [-0.05, 0) is 86.9 Å². The summed E-state index contributed by atoms with van der Waals surface area (Å²) in [6.07, 6.45) is 9.83. The molecule has 7 atom stereocenters. The molecule has 0 aliphatic heterocycles. The first-order valence-corrected chi connectivity index (χ1v) is 12.0. The van der Waals surface area contributed by atoms with Crippen LogP contribution >= 0.6 is 7.82 Å². The molecule has 0 bridgehead atoms. The molecule has 0 radical (unpaired) electrons. The molecule has 2 N–H and O–H groups in total. The summed E-state index contributed by atoms with van der Waals surface area (Å²) in [5, 5.41) is 0. The molecule has 4 aliphatic rings. The molecule has 0 aromatic rings. The third kappa shape index (κ3) is 3.19. The molecule has 27 heavy (non-hydrogen) atoms. The lowest BCUT2D eigenvalue weighted by molar-refractivity contribution is -0.127. The van der Waals surface area contributed by atoms with Gasteiger partial charge in [-0.3, -0.25) is 9.32 Å². The smallest absolute Gasteiger partial charge is 0.303 e. The molecule has 0 heterocycles. The Hall–Kier alpha value is -0.480. The summed E-state index contributed by atoms with van der Waals surface area (Å²) in [5.74, 6) is 2.49. The zero-order chi connectivity index (χ0) is 19.6. The molecule has 5 nitrogen and oxygen atoms in total. The van der Waals surface area contributed by atoms with Gasteiger partial charge < -0.3 is 9.79 Å². The second kappa shape index (κ2) is 6.52. The van der Waals surface area contributed by atoms with Crippen molar-refractivity contribution in [2.75, 3.05) is 0 Å². The fourth-order valence-corrected chi connectivity index (χ4v) is 8.15. The minimum absolute atomic E-state index is 0.118. The van der Waals surface area contributed by atoms with E-state index < -0.39 is 7.82 Å². The van der Waals surface area contributed by atoms with Crippen LogP contribution in [0, 0.1) is 34.5 Å². The lowest BCUT2D eigenvalue weighted by Crippen LogP contribution is -2.51. The number of fused-ring (bicyclic) bond motifs is 5. The number of phosphoric ester groups is 1. The van der Waals surface area contributed by atoms with E-state index in [2.05, 4.69) is 19.9 Å². The van der Waals surface area contributed by atoms with Gasteiger partial charge in [-0.1, -0.05) is 25.5 Å². The number of hydrogen-bond acceptors (Lipinski definition) is 3. The normalized spacial score (nSPS) is 46.9. The quantitative estimate of drug-likeness (QED) is 0.537.